The summed E-state index contributed by atoms with van der Waals surface area (Å²) in [5.41, 5.74) is -0.930. The first-order chi connectivity index (χ1) is 13.4. The molecule has 5 nitrogen and oxygen atoms in total. The van der Waals surface area contributed by atoms with Gasteiger partial charge in [-0.3, -0.25) is 14.4 Å². The van der Waals surface area contributed by atoms with Crippen LogP contribution in [0, 0.1) is 22.7 Å². The number of esters is 1. The van der Waals surface area contributed by atoms with Crippen LogP contribution in [0.1, 0.15) is 72.6 Å². The van der Waals surface area contributed by atoms with Crippen LogP contribution in [-0.4, -0.2) is 38.7 Å². The highest BCUT2D eigenvalue weighted by Gasteiger charge is 2.73. The van der Waals surface area contributed by atoms with E-state index in [4.69, 9.17) is 4.74 Å². The maximum Gasteiger partial charge on any atom is 0.303 e. The van der Waals surface area contributed by atoms with Gasteiger partial charge in [0.05, 0.1) is 10.4 Å². The second kappa shape index (κ2) is 6.49. The molecule has 0 spiro atoms. The molecule has 0 aromatic heterocycles. The maximum absolute atomic E-state index is 12.8. The molecule has 1 N–H and O–H groups in total. The van der Waals surface area contributed by atoms with Gasteiger partial charge in [0.1, 0.15) is 0 Å². The van der Waals surface area contributed by atoms with Gasteiger partial charge in [-0.2, -0.15) is 0 Å². The summed E-state index contributed by atoms with van der Waals surface area (Å²) >= 11 is 4.05. The van der Waals surface area contributed by atoms with Crippen LogP contribution in [0.5, 0.6) is 0 Å². The molecule has 0 aliphatic heterocycles. The number of hydrogen-bond acceptors (Lipinski definition) is 5. The average molecular weight is 467 g/mol. The molecular weight excluding hydrogens is 436 g/mol. The number of ether oxygens (including phenoxy) is 1. The lowest BCUT2D eigenvalue weighted by Crippen LogP contribution is -2.69. The average Bonchev–Trinajstić information content (AvgIpc) is 2.90. The van der Waals surface area contributed by atoms with Crippen LogP contribution in [-0.2, 0) is 19.1 Å². The van der Waals surface area contributed by atoms with E-state index >= 15 is 0 Å². The number of Topliss-reactive ketones (excluding diaryl/α,β-unsaturated/α-hetero) is 1. The second-order valence-electron chi connectivity index (χ2n) is 10.1. The van der Waals surface area contributed by atoms with Gasteiger partial charge in [-0.25, -0.2) is 0 Å². The fourth-order valence-corrected chi connectivity index (χ4v) is 8.78. The van der Waals surface area contributed by atoms with Crippen LogP contribution in [0.15, 0.2) is 11.6 Å². The van der Waals surface area contributed by atoms with Crippen molar-refractivity contribution in [3.63, 3.8) is 0 Å². The Kier molecular flexibility index (Phi) is 4.75. The van der Waals surface area contributed by atoms with Gasteiger partial charge in [0, 0.05) is 24.2 Å². The molecule has 7 atom stereocenters. The lowest BCUT2D eigenvalue weighted by Gasteiger charge is -2.65. The van der Waals surface area contributed by atoms with Gasteiger partial charge in [-0.1, -0.05) is 35.4 Å². The van der Waals surface area contributed by atoms with Crippen molar-refractivity contribution in [1.82, 2.24) is 0 Å². The Morgan fingerprint density at radius 1 is 1.14 bits per heavy atom. The van der Waals surface area contributed by atoms with Gasteiger partial charge in [-0.05, 0) is 63.4 Å². The summed E-state index contributed by atoms with van der Waals surface area (Å²) in [4.78, 5) is 36.8. The number of alkyl halides is 1. The number of hydrogen-bond donors (Lipinski definition) is 1. The first-order valence-electron chi connectivity index (χ1n) is 10.7. The minimum Gasteiger partial charge on any atom is -0.451 e. The van der Waals surface area contributed by atoms with E-state index in [9.17, 15) is 19.5 Å². The molecular formula is C23H31BrO5. The molecule has 3 fully saturated rings. The molecule has 3 saturated carbocycles. The van der Waals surface area contributed by atoms with Gasteiger partial charge in [0.2, 0.25) is 0 Å². The van der Waals surface area contributed by atoms with E-state index in [1.54, 1.807) is 6.08 Å². The smallest absolute Gasteiger partial charge is 0.303 e. The molecule has 0 bridgehead atoms. The van der Waals surface area contributed by atoms with E-state index in [1.165, 1.54) is 13.8 Å². The number of carbonyl (C=O) groups excluding carboxylic acids is 3. The summed E-state index contributed by atoms with van der Waals surface area (Å²) in [5, 5.41) is 11.6. The molecule has 29 heavy (non-hydrogen) atoms. The summed E-state index contributed by atoms with van der Waals surface area (Å²) in [6.45, 7) is 7.07. The van der Waals surface area contributed by atoms with Crippen LogP contribution in [0.3, 0.4) is 0 Å². The highest BCUT2D eigenvalue weighted by Crippen LogP contribution is 2.72. The fraction of sp³-hybridized carbons (Fsp3) is 0.783. The zero-order chi connectivity index (χ0) is 21.4. The van der Waals surface area contributed by atoms with Crippen molar-refractivity contribution in [3.05, 3.63) is 11.6 Å². The summed E-state index contributed by atoms with van der Waals surface area (Å²) in [6, 6.07) is 0. The molecule has 4 aliphatic rings. The third-order valence-corrected chi connectivity index (χ3v) is 11.0. The van der Waals surface area contributed by atoms with Crippen molar-refractivity contribution in [2.75, 3.05) is 0 Å². The fourth-order valence-electron chi connectivity index (χ4n) is 7.62. The quantitative estimate of drug-likeness (QED) is 0.492. The Labute approximate surface area is 180 Å². The molecule has 1 unspecified atom stereocenters. The molecule has 0 heterocycles. The number of halogens is 1. The van der Waals surface area contributed by atoms with Crippen LogP contribution >= 0.6 is 15.9 Å². The number of allylic oxidation sites excluding steroid dienone is 1. The molecule has 0 aromatic rings. The first-order valence-corrected chi connectivity index (χ1v) is 11.5. The Balaban J connectivity index is 1.81. The minimum absolute atomic E-state index is 0.127. The standard InChI is InChI=1S/C23H31BrO5/c1-13(25)22(29-14(2)26)10-8-17-18-6-5-15-11-16(27)7-9-20(15,3)23(18,24)19(28)12-21(17,22)4/h11,17-19,28H,5-10,12H2,1-4H3/t17-,18-,19-,20-,21-,22-,23?/m0/s1. The predicted molar refractivity (Wildman–Crippen MR) is 111 cm³/mol. The van der Waals surface area contributed by atoms with Gasteiger partial charge in [0.25, 0.3) is 0 Å². The zero-order valence-electron chi connectivity index (χ0n) is 17.7. The van der Waals surface area contributed by atoms with E-state index in [-0.39, 0.29) is 28.8 Å². The molecule has 6 heteroatoms. The SMILES string of the molecule is CC(=O)O[C@]1(C(C)=O)CC[C@H]2[C@@H]3CCC4=CC(=O)CC[C@]4(C)C3(Br)[C@@H](O)C[C@@]21C. The van der Waals surface area contributed by atoms with Gasteiger partial charge >= 0.3 is 5.97 Å². The third kappa shape index (κ3) is 2.51. The summed E-state index contributed by atoms with van der Waals surface area (Å²) in [6.07, 6.45) is 5.70. The number of aliphatic hydroxyl groups is 1. The molecule has 0 radical (unpaired) electrons. The second-order valence-corrected chi connectivity index (χ2v) is 11.5. The third-order valence-electron chi connectivity index (χ3n) is 9.05. The normalized spacial score (nSPS) is 48.8. The molecule has 0 amide bonds. The van der Waals surface area contributed by atoms with E-state index in [2.05, 4.69) is 22.9 Å². The van der Waals surface area contributed by atoms with Crippen molar-refractivity contribution < 1.29 is 24.2 Å². The van der Waals surface area contributed by atoms with Crippen LogP contribution in [0.25, 0.3) is 0 Å². The lowest BCUT2D eigenvalue weighted by atomic mass is 9.45. The number of aliphatic hydroxyl groups excluding tert-OH is 1. The van der Waals surface area contributed by atoms with Crippen LogP contribution in [0.4, 0.5) is 0 Å². The van der Waals surface area contributed by atoms with Crippen LogP contribution in [0.2, 0.25) is 0 Å². The van der Waals surface area contributed by atoms with E-state index in [0.29, 0.717) is 19.3 Å². The van der Waals surface area contributed by atoms with E-state index < -0.39 is 27.4 Å². The Morgan fingerprint density at radius 2 is 1.83 bits per heavy atom. The maximum atomic E-state index is 12.8. The molecule has 4 rings (SSSR count). The molecule has 4 aliphatic carbocycles. The zero-order valence-corrected chi connectivity index (χ0v) is 19.3. The van der Waals surface area contributed by atoms with Crippen molar-refractivity contribution >= 4 is 33.5 Å². The minimum atomic E-state index is -1.17. The monoisotopic (exact) mass is 466 g/mol. The van der Waals surface area contributed by atoms with Crippen molar-refractivity contribution in [2.45, 2.75) is 88.7 Å². The topological polar surface area (TPSA) is 80.7 Å². The highest BCUT2D eigenvalue weighted by atomic mass is 79.9. The molecule has 0 saturated heterocycles. The summed E-state index contributed by atoms with van der Waals surface area (Å²) in [7, 11) is 0. The Hall–Kier alpha value is -1.01. The number of carbonyl (C=O) groups is 3. The predicted octanol–water partition coefficient (Wildman–Crippen LogP) is 3.90. The van der Waals surface area contributed by atoms with Gasteiger partial charge in [0.15, 0.2) is 17.2 Å². The lowest BCUT2D eigenvalue weighted by molar-refractivity contribution is -0.194. The number of fused-ring (bicyclic) bond motifs is 5. The van der Waals surface area contributed by atoms with Crippen molar-refractivity contribution in [2.24, 2.45) is 22.7 Å². The summed E-state index contributed by atoms with van der Waals surface area (Å²) in [5.74, 6) is -0.0990. The Bertz CT molecular complexity index is 820. The Morgan fingerprint density at radius 3 is 2.45 bits per heavy atom. The molecule has 0 aromatic carbocycles. The highest BCUT2D eigenvalue weighted by molar-refractivity contribution is 9.10. The molecule has 160 valence electrons. The van der Waals surface area contributed by atoms with Crippen LogP contribution < -0.4 is 0 Å². The van der Waals surface area contributed by atoms with Gasteiger partial charge in [-0.15, -0.1) is 0 Å². The summed E-state index contributed by atoms with van der Waals surface area (Å²) < 4.78 is 5.23. The van der Waals surface area contributed by atoms with Crippen molar-refractivity contribution in [3.8, 4) is 0 Å². The van der Waals surface area contributed by atoms with E-state index in [0.717, 1.165) is 31.3 Å². The van der Waals surface area contributed by atoms with E-state index in [1.807, 2.05) is 6.92 Å². The van der Waals surface area contributed by atoms with Gasteiger partial charge < -0.3 is 9.84 Å². The first kappa shape index (κ1) is 21.2. The number of rotatable bonds is 2. The number of ketones is 2. The largest absolute Gasteiger partial charge is 0.451 e. The van der Waals surface area contributed by atoms with Crippen molar-refractivity contribution in [1.29, 1.82) is 0 Å².